The number of carbonyl (C=O) groups is 2. The van der Waals surface area contributed by atoms with Crippen LogP contribution in [0.2, 0.25) is 0 Å². The van der Waals surface area contributed by atoms with Gasteiger partial charge in [-0.15, -0.1) is 0 Å². The number of nitrogens with one attached hydrogen (secondary N) is 3. The summed E-state index contributed by atoms with van der Waals surface area (Å²) < 4.78 is 48.2. The second kappa shape index (κ2) is 15.6. The average molecular weight is 783 g/mol. The number of fused-ring (bicyclic) bond motifs is 3. The van der Waals surface area contributed by atoms with E-state index in [4.69, 9.17) is 24.2 Å². The molecule has 4 N–H and O–H groups in total. The first-order valence-corrected chi connectivity index (χ1v) is 18.9. The van der Waals surface area contributed by atoms with Gasteiger partial charge in [0.2, 0.25) is 0 Å². The standard InChI is InChI=1S/C41H44F2N8O6/c1-23-5-4-6-34(36-41(42,43)22-50(40(53)54)14-13-44-36)51(23)49-39(52)29-19-46-37(25-8-9-25)47-33(29)16-24-7-12-28-30-20-57-21-31(30)38(48-32(28)15-24)45-18-26-10-11-27(55-2)17-35(26)56-3/h4-7,10-12,15,17,19,25,34,36,44H,8-9,13-14,16,18,20-22H2,1-3H3,(H,45,48)(H,49,52)(H,53,54). The third-order valence-electron chi connectivity index (χ3n) is 10.9. The number of pyridine rings is 1. The van der Waals surface area contributed by atoms with E-state index in [2.05, 4.69) is 21.0 Å². The Balaban J connectivity index is 1.07. The highest BCUT2D eigenvalue weighted by atomic mass is 19.3. The van der Waals surface area contributed by atoms with Gasteiger partial charge < -0.3 is 34.9 Å². The fourth-order valence-corrected chi connectivity index (χ4v) is 7.69. The number of benzene rings is 2. The number of carbonyl (C=O) groups excluding carboxylic acids is 1. The quantitative estimate of drug-likeness (QED) is 0.151. The average Bonchev–Trinajstić information content (AvgIpc) is 3.96. The van der Waals surface area contributed by atoms with Crippen LogP contribution < -0.4 is 25.5 Å². The number of methoxy groups -OCH3 is 2. The Morgan fingerprint density at radius 3 is 2.68 bits per heavy atom. The summed E-state index contributed by atoms with van der Waals surface area (Å²) in [5.41, 5.74) is 8.72. The van der Waals surface area contributed by atoms with Gasteiger partial charge in [-0.05, 0) is 55.2 Å². The predicted molar refractivity (Wildman–Crippen MR) is 206 cm³/mol. The van der Waals surface area contributed by atoms with Crippen LogP contribution in [0.4, 0.5) is 19.4 Å². The number of hydrogen-bond acceptors (Lipinski definition) is 11. The van der Waals surface area contributed by atoms with Crippen molar-refractivity contribution in [2.75, 3.05) is 39.2 Å². The first-order chi connectivity index (χ1) is 27.5. The molecule has 298 valence electrons. The van der Waals surface area contributed by atoms with Crippen LogP contribution >= 0.6 is 0 Å². The number of hydrazine groups is 1. The lowest BCUT2D eigenvalue weighted by Gasteiger charge is -2.41. The van der Waals surface area contributed by atoms with Gasteiger partial charge in [0, 0.05) is 66.4 Å². The molecule has 1 saturated carbocycles. The van der Waals surface area contributed by atoms with Gasteiger partial charge >= 0.3 is 6.09 Å². The van der Waals surface area contributed by atoms with E-state index >= 15 is 8.78 Å². The summed E-state index contributed by atoms with van der Waals surface area (Å²) >= 11 is 0. The SMILES string of the molecule is COc1ccc(CNc2nc3cc(Cc4nc(C5CC5)ncc4C(=O)NN4C(C)=CC=CC4C4NCCN(C(=O)O)CC4(F)F)ccc3c3c2COC3)c(OC)c1. The minimum Gasteiger partial charge on any atom is -0.497 e. The summed E-state index contributed by atoms with van der Waals surface area (Å²) in [6.07, 6.45) is 7.25. The molecule has 2 aromatic heterocycles. The molecule has 57 heavy (non-hydrogen) atoms. The van der Waals surface area contributed by atoms with Crippen LogP contribution in [0.5, 0.6) is 11.5 Å². The molecule has 1 aliphatic carbocycles. The minimum absolute atomic E-state index is 0.0213. The van der Waals surface area contributed by atoms with E-state index in [0.29, 0.717) is 59.2 Å². The number of anilines is 1. The van der Waals surface area contributed by atoms with Crippen molar-refractivity contribution in [2.45, 2.75) is 69.9 Å². The number of allylic oxidation sites excluding steroid dienone is 3. The maximum Gasteiger partial charge on any atom is 0.407 e. The van der Waals surface area contributed by atoms with Crippen molar-refractivity contribution in [1.82, 2.24) is 35.6 Å². The molecule has 5 heterocycles. The van der Waals surface area contributed by atoms with Crippen LogP contribution in [0, 0.1) is 0 Å². The van der Waals surface area contributed by atoms with E-state index in [1.807, 2.05) is 36.4 Å². The number of carboxylic acid groups (broad SMARTS) is 1. The first kappa shape index (κ1) is 38.0. The fourth-order valence-electron chi connectivity index (χ4n) is 7.69. The van der Waals surface area contributed by atoms with Gasteiger partial charge in [0.1, 0.15) is 23.1 Å². The van der Waals surface area contributed by atoms with Gasteiger partial charge in [0.25, 0.3) is 11.8 Å². The lowest BCUT2D eigenvalue weighted by Crippen LogP contribution is -2.62. The smallest absolute Gasteiger partial charge is 0.407 e. The zero-order valence-electron chi connectivity index (χ0n) is 31.8. The van der Waals surface area contributed by atoms with Gasteiger partial charge in [0.15, 0.2) is 0 Å². The summed E-state index contributed by atoms with van der Waals surface area (Å²) in [5.74, 6) is -1.02. The number of amides is 2. The first-order valence-electron chi connectivity index (χ1n) is 18.9. The van der Waals surface area contributed by atoms with E-state index < -0.39 is 36.6 Å². The minimum atomic E-state index is -3.45. The van der Waals surface area contributed by atoms with Gasteiger partial charge in [-0.25, -0.2) is 28.5 Å². The Bertz CT molecular complexity index is 2280. The summed E-state index contributed by atoms with van der Waals surface area (Å²) in [5, 5.41) is 18.2. The number of aromatic nitrogens is 3. The maximum absolute atomic E-state index is 15.7. The summed E-state index contributed by atoms with van der Waals surface area (Å²) in [4.78, 5) is 41.0. The van der Waals surface area contributed by atoms with Crippen LogP contribution in [0.25, 0.3) is 10.9 Å². The molecule has 4 aromatic rings. The highest BCUT2D eigenvalue weighted by Crippen LogP contribution is 2.39. The van der Waals surface area contributed by atoms with E-state index in [9.17, 15) is 14.7 Å². The van der Waals surface area contributed by atoms with Crippen molar-refractivity contribution >= 4 is 28.7 Å². The molecule has 2 atom stereocenters. The molecule has 2 amide bonds. The van der Waals surface area contributed by atoms with E-state index in [-0.39, 0.29) is 31.0 Å². The van der Waals surface area contributed by atoms with Gasteiger partial charge in [-0.3, -0.25) is 15.2 Å². The van der Waals surface area contributed by atoms with E-state index in [0.717, 1.165) is 46.0 Å². The van der Waals surface area contributed by atoms with Crippen LogP contribution in [0.15, 0.2) is 66.5 Å². The molecule has 0 bridgehead atoms. The van der Waals surface area contributed by atoms with Crippen molar-refractivity contribution < 1.29 is 37.7 Å². The Labute approximate surface area is 327 Å². The van der Waals surface area contributed by atoms with E-state index in [1.54, 1.807) is 39.4 Å². The molecule has 3 aliphatic heterocycles. The number of rotatable bonds is 11. The fraction of sp³-hybridized carbons (Fsp3) is 0.390. The number of alkyl halides is 2. The lowest BCUT2D eigenvalue weighted by atomic mass is 9.97. The summed E-state index contributed by atoms with van der Waals surface area (Å²) in [6.45, 7) is 2.01. The lowest BCUT2D eigenvalue weighted by molar-refractivity contribution is -0.0660. The molecular weight excluding hydrogens is 738 g/mol. The highest BCUT2D eigenvalue weighted by Gasteiger charge is 2.49. The zero-order valence-corrected chi connectivity index (χ0v) is 31.8. The van der Waals surface area contributed by atoms with Gasteiger partial charge in [-0.1, -0.05) is 24.3 Å². The topological polar surface area (TPSA) is 163 Å². The number of halogens is 2. The van der Waals surface area contributed by atoms with Crippen molar-refractivity contribution in [2.24, 2.45) is 0 Å². The second-order valence-corrected chi connectivity index (χ2v) is 14.7. The number of hydrogen-bond donors (Lipinski definition) is 4. The molecule has 8 rings (SSSR count). The zero-order chi connectivity index (χ0) is 39.8. The monoisotopic (exact) mass is 782 g/mol. The number of nitrogens with zero attached hydrogens (tertiary/aromatic N) is 5. The normalized spacial score (nSPS) is 20.1. The molecule has 14 nitrogen and oxygen atoms in total. The Morgan fingerprint density at radius 1 is 1.09 bits per heavy atom. The molecule has 2 unspecified atom stereocenters. The van der Waals surface area contributed by atoms with Crippen LogP contribution in [-0.4, -0.2) is 93.8 Å². The molecule has 4 aliphatic rings. The van der Waals surface area contributed by atoms with Crippen LogP contribution in [0.1, 0.15) is 69.8 Å². The van der Waals surface area contributed by atoms with Gasteiger partial charge in [-0.2, -0.15) is 0 Å². The van der Waals surface area contributed by atoms with E-state index in [1.165, 1.54) is 11.2 Å². The molecular formula is C41H44F2N8O6. The second-order valence-electron chi connectivity index (χ2n) is 14.7. The predicted octanol–water partition coefficient (Wildman–Crippen LogP) is 5.53. The number of ether oxygens (including phenoxy) is 3. The van der Waals surface area contributed by atoms with Gasteiger partial charge in [0.05, 0.1) is 62.8 Å². The molecule has 2 fully saturated rings. The molecule has 0 radical (unpaired) electrons. The van der Waals surface area contributed by atoms with Crippen molar-refractivity contribution in [3.63, 3.8) is 0 Å². The van der Waals surface area contributed by atoms with Crippen molar-refractivity contribution in [3.05, 3.63) is 106 Å². The summed E-state index contributed by atoms with van der Waals surface area (Å²) in [7, 11) is 3.23. The Hall–Kier alpha value is -5.87. The van der Waals surface area contributed by atoms with Crippen LogP contribution in [0.3, 0.4) is 0 Å². The molecule has 1 saturated heterocycles. The molecule has 2 aromatic carbocycles. The highest BCUT2D eigenvalue weighted by molar-refractivity contribution is 5.95. The largest absolute Gasteiger partial charge is 0.497 e. The third-order valence-corrected chi connectivity index (χ3v) is 10.9. The van der Waals surface area contributed by atoms with Crippen LogP contribution in [-0.2, 0) is 30.9 Å². The van der Waals surface area contributed by atoms with Crippen molar-refractivity contribution in [3.8, 4) is 11.5 Å². The third kappa shape index (κ3) is 7.79. The molecule has 16 heteroatoms. The van der Waals surface area contributed by atoms with Crippen molar-refractivity contribution in [1.29, 1.82) is 0 Å². The Kier molecular flexibility index (Phi) is 10.4. The molecule has 0 spiro atoms. The maximum atomic E-state index is 15.7. The summed E-state index contributed by atoms with van der Waals surface area (Å²) in [6, 6.07) is 9.16. The Morgan fingerprint density at radius 2 is 1.91 bits per heavy atom.